The highest BCUT2D eigenvalue weighted by Crippen LogP contribution is 2.17. The zero-order valence-corrected chi connectivity index (χ0v) is 11.9. The normalized spacial score (nSPS) is 25.6. The molecule has 1 aromatic rings. The fourth-order valence-corrected chi connectivity index (χ4v) is 3.03. The van der Waals surface area contributed by atoms with Crippen molar-refractivity contribution in [2.45, 2.75) is 32.5 Å². The van der Waals surface area contributed by atoms with Crippen LogP contribution in [0.15, 0.2) is 24.3 Å². The molecule has 102 valence electrons. The minimum Gasteiger partial charge on any atom is -0.395 e. The average molecular weight is 258 g/mol. The molecule has 0 amide bonds. The first-order valence-electron chi connectivity index (χ1n) is 7.03. The van der Waals surface area contributed by atoms with Gasteiger partial charge in [0.05, 0.1) is 6.61 Å². The highest BCUT2D eigenvalue weighted by molar-refractivity contribution is 6.32. The largest absolute Gasteiger partial charge is 0.395 e. The topological polar surface area (TPSA) is 26.7 Å². The number of aliphatic hydroxyl groups is 1. The molecular weight excluding hydrogens is 235 g/mol. The lowest BCUT2D eigenvalue weighted by Crippen LogP contribution is -2.56. The van der Waals surface area contributed by atoms with Crippen LogP contribution < -0.4 is 5.46 Å². The minimum atomic E-state index is 0.243. The van der Waals surface area contributed by atoms with E-state index in [4.69, 9.17) is 13.0 Å². The van der Waals surface area contributed by atoms with Gasteiger partial charge < -0.3 is 5.11 Å². The molecule has 2 radical (unpaired) electrons. The second-order valence-electron chi connectivity index (χ2n) is 5.60. The summed E-state index contributed by atoms with van der Waals surface area (Å²) in [5.41, 5.74) is 2.13. The van der Waals surface area contributed by atoms with Crippen LogP contribution in [0.5, 0.6) is 0 Å². The van der Waals surface area contributed by atoms with Crippen molar-refractivity contribution in [3.8, 4) is 0 Å². The summed E-state index contributed by atoms with van der Waals surface area (Å²) in [5.74, 6) is 0. The maximum Gasteiger partial charge on any atom is 0.113 e. The van der Waals surface area contributed by atoms with E-state index in [-0.39, 0.29) is 6.61 Å². The molecule has 1 saturated heterocycles. The van der Waals surface area contributed by atoms with Crippen molar-refractivity contribution in [1.82, 2.24) is 9.80 Å². The third-order valence-electron chi connectivity index (χ3n) is 3.92. The van der Waals surface area contributed by atoms with Gasteiger partial charge in [0, 0.05) is 38.3 Å². The van der Waals surface area contributed by atoms with Crippen molar-refractivity contribution >= 4 is 13.3 Å². The van der Waals surface area contributed by atoms with Crippen molar-refractivity contribution in [3.63, 3.8) is 0 Å². The first-order valence-corrected chi connectivity index (χ1v) is 7.03. The Kier molecular flexibility index (Phi) is 5.02. The van der Waals surface area contributed by atoms with E-state index in [2.05, 4.69) is 35.8 Å². The van der Waals surface area contributed by atoms with Crippen LogP contribution in [0.3, 0.4) is 0 Å². The zero-order valence-electron chi connectivity index (χ0n) is 11.9. The van der Waals surface area contributed by atoms with Gasteiger partial charge in [0.15, 0.2) is 0 Å². The molecule has 1 aliphatic rings. The van der Waals surface area contributed by atoms with E-state index in [9.17, 15) is 0 Å². The summed E-state index contributed by atoms with van der Waals surface area (Å²) >= 11 is 0. The van der Waals surface area contributed by atoms with Crippen molar-refractivity contribution in [1.29, 1.82) is 0 Å². The molecule has 0 unspecified atom stereocenters. The Labute approximate surface area is 117 Å². The summed E-state index contributed by atoms with van der Waals surface area (Å²) < 4.78 is 0. The summed E-state index contributed by atoms with van der Waals surface area (Å²) in [5, 5.41) is 9.11. The number of benzene rings is 1. The summed E-state index contributed by atoms with van der Waals surface area (Å²) in [6.45, 7) is 8.57. The smallest absolute Gasteiger partial charge is 0.113 e. The second-order valence-corrected chi connectivity index (χ2v) is 5.60. The lowest BCUT2D eigenvalue weighted by Gasteiger charge is -2.44. The number of hydrogen-bond acceptors (Lipinski definition) is 3. The lowest BCUT2D eigenvalue weighted by atomic mass is 9.95. The van der Waals surface area contributed by atoms with Crippen LogP contribution in [-0.2, 0) is 6.54 Å². The summed E-state index contributed by atoms with van der Waals surface area (Å²) in [6.07, 6.45) is 0. The molecule has 4 heteroatoms. The summed E-state index contributed by atoms with van der Waals surface area (Å²) in [6, 6.07) is 9.11. The fourth-order valence-electron chi connectivity index (χ4n) is 3.03. The van der Waals surface area contributed by atoms with Crippen LogP contribution in [-0.4, -0.2) is 61.1 Å². The molecule has 2 atom stereocenters. The zero-order chi connectivity index (χ0) is 13.8. The molecule has 1 aromatic carbocycles. The van der Waals surface area contributed by atoms with Crippen LogP contribution >= 0.6 is 0 Å². The van der Waals surface area contributed by atoms with Gasteiger partial charge in [0.25, 0.3) is 0 Å². The Morgan fingerprint density at radius 1 is 1.16 bits per heavy atom. The Morgan fingerprint density at radius 3 is 2.26 bits per heavy atom. The van der Waals surface area contributed by atoms with Crippen molar-refractivity contribution in [3.05, 3.63) is 29.8 Å². The molecule has 1 N–H and O–H groups in total. The van der Waals surface area contributed by atoms with Crippen LogP contribution in [0.4, 0.5) is 0 Å². The fraction of sp³-hybridized carbons (Fsp3) is 0.600. The van der Waals surface area contributed by atoms with E-state index in [1.165, 1.54) is 5.56 Å². The van der Waals surface area contributed by atoms with Crippen LogP contribution in [0, 0.1) is 0 Å². The molecule has 0 bridgehead atoms. The van der Waals surface area contributed by atoms with E-state index in [0.717, 1.165) is 31.6 Å². The van der Waals surface area contributed by atoms with Crippen molar-refractivity contribution in [2.75, 3.05) is 26.2 Å². The van der Waals surface area contributed by atoms with Crippen LogP contribution in [0.1, 0.15) is 19.4 Å². The van der Waals surface area contributed by atoms with Gasteiger partial charge in [0.1, 0.15) is 7.85 Å². The molecule has 1 aliphatic heterocycles. The van der Waals surface area contributed by atoms with E-state index >= 15 is 0 Å². The third-order valence-corrected chi connectivity index (χ3v) is 3.92. The highest BCUT2D eigenvalue weighted by Gasteiger charge is 2.28. The molecule has 1 heterocycles. The number of nitrogens with zero attached hydrogens (tertiary/aromatic N) is 2. The van der Waals surface area contributed by atoms with Gasteiger partial charge >= 0.3 is 0 Å². The number of β-amino-alcohol motifs (C(OH)–C–C–N with tert-alkyl or cyclic N) is 1. The van der Waals surface area contributed by atoms with Gasteiger partial charge in [-0.2, -0.15) is 0 Å². The molecular formula is C15H23BN2O. The van der Waals surface area contributed by atoms with Gasteiger partial charge in [-0.1, -0.05) is 29.7 Å². The van der Waals surface area contributed by atoms with E-state index < -0.39 is 0 Å². The molecule has 0 aliphatic carbocycles. The predicted octanol–water partition coefficient (Wildman–Crippen LogP) is 0.367. The molecule has 19 heavy (non-hydrogen) atoms. The minimum absolute atomic E-state index is 0.243. The quantitative estimate of drug-likeness (QED) is 0.790. The third kappa shape index (κ3) is 3.82. The Bertz CT molecular complexity index is 384. The van der Waals surface area contributed by atoms with E-state index in [1.807, 2.05) is 12.1 Å². The highest BCUT2D eigenvalue weighted by atomic mass is 16.3. The molecule has 0 saturated carbocycles. The molecule has 0 aromatic heterocycles. The summed E-state index contributed by atoms with van der Waals surface area (Å²) in [4.78, 5) is 4.87. The number of hydrogen-bond donors (Lipinski definition) is 1. The molecule has 3 nitrogen and oxygen atoms in total. The number of rotatable bonds is 4. The van der Waals surface area contributed by atoms with Gasteiger partial charge in [-0.3, -0.25) is 9.80 Å². The maximum absolute atomic E-state index is 9.11. The Morgan fingerprint density at radius 2 is 1.74 bits per heavy atom. The van der Waals surface area contributed by atoms with Gasteiger partial charge in [-0.25, -0.2) is 0 Å². The van der Waals surface area contributed by atoms with Crippen molar-refractivity contribution < 1.29 is 5.11 Å². The number of aliphatic hydroxyl groups excluding tert-OH is 1. The predicted molar refractivity (Wildman–Crippen MR) is 79.8 cm³/mol. The van der Waals surface area contributed by atoms with Crippen LogP contribution in [0.25, 0.3) is 0 Å². The Balaban J connectivity index is 1.94. The summed E-state index contributed by atoms with van der Waals surface area (Å²) in [7, 11) is 5.71. The standard InChI is InChI=1S/C15H23BN2O/c1-12-9-17(10-13(2)18(12)7-8-19)11-14-3-5-15(16)6-4-14/h3-6,12-13,19H,7-11H2,1-2H3/t12-,13+. The molecule has 1 fully saturated rings. The number of piperazine rings is 1. The van der Waals surface area contributed by atoms with Gasteiger partial charge in [-0.05, 0) is 19.4 Å². The first kappa shape index (κ1) is 14.6. The lowest BCUT2D eigenvalue weighted by molar-refractivity contribution is 0.0238. The maximum atomic E-state index is 9.11. The van der Waals surface area contributed by atoms with E-state index in [0.29, 0.717) is 12.1 Å². The average Bonchev–Trinajstić information content (AvgIpc) is 2.37. The molecule has 2 rings (SSSR count). The Hall–Kier alpha value is -0.835. The second kappa shape index (κ2) is 6.55. The van der Waals surface area contributed by atoms with Gasteiger partial charge in [0.2, 0.25) is 0 Å². The van der Waals surface area contributed by atoms with Crippen LogP contribution in [0.2, 0.25) is 0 Å². The van der Waals surface area contributed by atoms with E-state index in [1.54, 1.807) is 0 Å². The first-order chi connectivity index (χ1) is 9.10. The monoisotopic (exact) mass is 258 g/mol. The SMILES string of the molecule is [B]c1ccc(CN2C[C@@H](C)N(CCO)[C@@H](C)C2)cc1. The van der Waals surface area contributed by atoms with Crippen molar-refractivity contribution in [2.24, 2.45) is 0 Å². The van der Waals surface area contributed by atoms with Gasteiger partial charge in [-0.15, -0.1) is 0 Å². The molecule has 0 spiro atoms.